The number of fused-ring (bicyclic) bond motifs is 4. The van der Waals surface area contributed by atoms with Crippen molar-refractivity contribution in [1.29, 1.82) is 0 Å². The average Bonchev–Trinajstić information content (AvgIpc) is 3.72. The quantitative estimate of drug-likeness (QED) is 0.200. The summed E-state index contributed by atoms with van der Waals surface area (Å²) in [6.45, 7) is 0. The fourth-order valence-corrected chi connectivity index (χ4v) is 6.72. The molecule has 0 fully saturated rings. The number of para-hydroxylation sites is 1. The van der Waals surface area contributed by atoms with E-state index in [1.165, 1.54) is 11.1 Å². The molecule has 1 aliphatic carbocycles. The van der Waals surface area contributed by atoms with E-state index in [2.05, 4.69) is 143 Å². The second kappa shape index (κ2) is 10.9. The predicted octanol–water partition coefficient (Wildman–Crippen LogP) is 11.1. The van der Waals surface area contributed by atoms with Gasteiger partial charge in [-0.15, -0.1) is 0 Å². The van der Waals surface area contributed by atoms with Crippen molar-refractivity contribution in [2.75, 3.05) is 0 Å². The number of aromatic nitrogens is 3. The van der Waals surface area contributed by atoms with Crippen LogP contribution in [0, 0.1) is 0 Å². The number of nitrogens with zero attached hydrogens (tertiary/aromatic N) is 3. The van der Waals surface area contributed by atoms with Crippen LogP contribution in [0.3, 0.4) is 0 Å². The highest BCUT2D eigenvalue weighted by atomic mass is 16.3. The summed E-state index contributed by atoms with van der Waals surface area (Å²) >= 11 is 0. The molecule has 0 radical (unpaired) electrons. The summed E-state index contributed by atoms with van der Waals surface area (Å²) in [4.78, 5) is 9.66. The number of benzene rings is 5. The van der Waals surface area contributed by atoms with Gasteiger partial charge in [0.25, 0.3) is 0 Å². The molecule has 9 rings (SSSR count). The van der Waals surface area contributed by atoms with Crippen LogP contribution in [0.15, 0.2) is 156 Å². The molecule has 0 N–H and O–H groups in total. The Morgan fingerprint density at radius 1 is 0.609 bits per heavy atom. The minimum atomic E-state index is 0.620. The molecule has 0 bridgehead atoms. The highest BCUT2D eigenvalue weighted by Gasteiger charge is 2.19. The first-order valence-corrected chi connectivity index (χ1v) is 15.7. The molecule has 4 nitrogen and oxygen atoms in total. The van der Waals surface area contributed by atoms with E-state index in [1.807, 2.05) is 18.5 Å². The van der Waals surface area contributed by atoms with Crippen LogP contribution in [-0.4, -0.2) is 14.5 Å². The monoisotopic (exact) mass is 591 g/mol. The smallest absolute Gasteiger partial charge is 0.227 e. The van der Waals surface area contributed by atoms with Gasteiger partial charge in [-0.2, -0.15) is 0 Å². The van der Waals surface area contributed by atoms with Gasteiger partial charge in [0.2, 0.25) is 5.89 Å². The third-order valence-corrected chi connectivity index (χ3v) is 8.93. The molecule has 3 heterocycles. The second-order valence-corrected chi connectivity index (χ2v) is 11.8. The summed E-state index contributed by atoms with van der Waals surface area (Å²) in [5.41, 5.74) is 12.7. The molecule has 0 unspecified atom stereocenters. The molecule has 3 aromatic heterocycles. The number of allylic oxidation sites excluding steroid dienone is 4. The van der Waals surface area contributed by atoms with Crippen molar-refractivity contribution in [3.63, 3.8) is 0 Å². The third kappa shape index (κ3) is 4.46. The SMILES string of the molecule is C1=CC(c2cccc(-c3nc4c(-c5ccc6c(c5)c5cnccc5n6-c5ccccc5)cc(-c5ccccc5)cc4o3)c2)=CCC1. The maximum Gasteiger partial charge on any atom is 0.227 e. The van der Waals surface area contributed by atoms with Crippen LogP contribution in [-0.2, 0) is 0 Å². The van der Waals surface area contributed by atoms with Crippen LogP contribution in [0.2, 0.25) is 0 Å². The van der Waals surface area contributed by atoms with Crippen molar-refractivity contribution in [2.45, 2.75) is 12.8 Å². The van der Waals surface area contributed by atoms with Gasteiger partial charge in [0.05, 0.1) is 11.0 Å². The summed E-state index contributed by atoms with van der Waals surface area (Å²) in [5.74, 6) is 0.620. The highest BCUT2D eigenvalue weighted by molar-refractivity contribution is 6.11. The van der Waals surface area contributed by atoms with Crippen molar-refractivity contribution in [2.24, 2.45) is 0 Å². The number of rotatable bonds is 5. The van der Waals surface area contributed by atoms with E-state index in [4.69, 9.17) is 9.40 Å². The van der Waals surface area contributed by atoms with Crippen molar-refractivity contribution in [1.82, 2.24) is 14.5 Å². The molecular formula is C42H29N3O. The molecule has 4 heteroatoms. The molecule has 0 spiro atoms. The molecule has 0 atom stereocenters. The molecule has 5 aromatic carbocycles. The Labute approximate surface area is 266 Å². The van der Waals surface area contributed by atoms with Crippen LogP contribution in [0.25, 0.3) is 77.9 Å². The summed E-state index contributed by atoms with van der Waals surface area (Å²) in [6, 6.07) is 42.6. The second-order valence-electron chi connectivity index (χ2n) is 11.8. The van der Waals surface area contributed by atoms with E-state index in [1.54, 1.807) is 0 Å². The Bertz CT molecular complexity index is 2460. The van der Waals surface area contributed by atoms with Gasteiger partial charge in [-0.1, -0.05) is 85.0 Å². The first-order chi connectivity index (χ1) is 22.8. The molecule has 46 heavy (non-hydrogen) atoms. The lowest BCUT2D eigenvalue weighted by molar-refractivity contribution is 0.620. The van der Waals surface area contributed by atoms with Gasteiger partial charge in [0.15, 0.2) is 5.58 Å². The molecule has 0 amide bonds. The zero-order chi connectivity index (χ0) is 30.5. The summed E-state index contributed by atoms with van der Waals surface area (Å²) < 4.78 is 8.89. The van der Waals surface area contributed by atoms with Gasteiger partial charge in [0.1, 0.15) is 5.52 Å². The minimum absolute atomic E-state index is 0.620. The third-order valence-electron chi connectivity index (χ3n) is 8.93. The standard InChI is InChI=1S/C42H29N3O/c1-4-11-28(12-5-1)30-15-10-16-32(23-30)42-44-41-35(25-33(26-40(41)46-42)29-13-6-2-7-14-29)31-19-20-38-36(24-31)37-27-43-22-21-39(37)45(38)34-17-8-3-9-18-34/h2-4,6-27H,1,5H2. The number of pyridine rings is 1. The van der Waals surface area contributed by atoms with Crippen molar-refractivity contribution < 1.29 is 4.42 Å². The van der Waals surface area contributed by atoms with E-state index >= 15 is 0 Å². The van der Waals surface area contributed by atoms with E-state index in [9.17, 15) is 0 Å². The lowest BCUT2D eigenvalue weighted by Crippen LogP contribution is -1.93. The predicted molar refractivity (Wildman–Crippen MR) is 189 cm³/mol. The first-order valence-electron chi connectivity index (χ1n) is 15.7. The Balaban J connectivity index is 1.25. The van der Waals surface area contributed by atoms with Crippen molar-refractivity contribution in [3.8, 4) is 39.4 Å². The van der Waals surface area contributed by atoms with E-state index < -0.39 is 0 Å². The fourth-order valence-electron chi connectivity index (χ4n) is 6.72. The highest BCUT2D eigenvalue weighted by Crippen LogP contribution is 2.40. The largest absolute Gasteiger partial charge is 0.436 e. The number of hydrogen-bond donors (Lipinski definition) is 0. The van der Waals surface area contributed by atoms with Gasteiger partial charge in [-0.25, -0.2) is 4.98 Å². The van der Waals surface area contributed by atoms with Crippen molar-refractivity contribution >= 4 is 38.5 Å². The number of hydrogen-bond acceptors (Lipinski definition) is 3. The van der Waals surface area contributed by atoms with Crippen LogP contribution in [0.1, 0.15) is 18.4 Å². The molecule has 8 aromatic rings. The lowest BCUT2D eigenvalue weighted by Gasteiger charge is -2.09. The van der Waals surface area contributed by atoms with Crippen LogP contribution >= 0.6 is 0 Å². The molecule has 0 aliphatic heterocycles. The molecule has 0 saturated heterocycles. The molecule has 1 aliphatic rings. The van der Waals surface area contributed by atoms with E-state index in [0.717, 1.165) is 79.3 Å². The Morgan fingerprint density at radius 3 is 2.26 bits per heavy atom. The summed E-state index contributed by atoms with van der Waals surface area (Å²) in [5, 5.41) is 2.26. The Morgan fingerprint density at radius 2 is 1.41 bits per heavy atom. The maximum absolute atomic E-state index is 6.58. The van der Waals surface area contributed by atoms with Gasteiger partial charge < -0.3 is 8.98 Å². The van der Waals surface area contributed by atoms with Crippen molar-refractivity contribution in [3.05, 3.63) is 158 Å². The topological polar surface area (TPSA) is 43.9 Å². The van der Waals surface area contributed by atoms with Gasteiger partial charge in [0, 0.05) is 40.0 Å². The molecule has 218 valence electrons. The Kier molecular flexibility index (Phi) is 6.24. The number of oxazole rings is 1. The maximum atomic E-state index is 6.58. The fraction of sp³-hybridized carbons (Fsp3) is 0.0476. The van der Waals surface area contributed by atoms with Crippen LogP contribution < -0.4 is 0 Å². The van der Waals surface area contributed by atoms with Gasteiger partial charge >= 0.3 is 0 Å². The lowest BCUT2D eigenvalue weighted by atomic mass is 9.96. The first kappa shape index (κ1) is 26.4. The minimum Gasteiger partial charge on any atom is -0.436 e. The zero-order valence-electron chi connectivity index (χ0n) is 25.1. The van der Waals surface area contributed by atoms with Crippen LogP contribution in [0.5, 0.6) is 0 Å². The normalized spacial score (nSPS) is 13.1. The summed E-state index contributed by atoms with van der Waals surface area (Å²) in [7, 11) is 0. The zero-order valence-corrected chi connectivity index (χ0v) is 25.1. The molecular weight excluding hydrogens is 562 g/mol. The van der Waals surface area contributed by atoms with Gasteiger partial charge in [-0.3, -0.25) is 4.98 Å². The average molecular weight is 592 g/mol. The molecule has 0 saturated carbocycles. The van der Waals surface area contributed by atoms with E-state index in [0.29, 0.717) is 5.89 Å². The Hall–Kier alpha value is -6.00. The van der Waals surface area contributed by atoms with Gasteiger partial charge in [-0.05, 0) is 95.3 Å². The van der Waals surface area contributed by atoms with E-state index in [-0.39, 0.29) is 0 Å². The van der Waals surface area contributed by atoms with Crippen LogP contribution in [0.4, 0.5) is 0 Å². The summed E-state index contributed by atoms with van der Waals surface area (Å²) in [6.07, 6.45) is 12.7.